The van der Waals surface area contributed by atoms with E-state index in [1.165, 1.54) is 10.9 Å². The van der Waals surface area contributed by atoms with Crippen molar-refractivity contribution in [1.29, 1.82) is 0 Å². The van der Waals surface area contributed by atoms with Crippen LogP contribution < -0.4 is 4.90 Å². The molecule has 1 aliphatic heterocycles. The van der Waals surface area contributed by atoms with Gasteiger partial charge in [0.15, 0.2) is 0 Å². The van der Waals surface area contributed by atoms with E-state index in [0.29, 0.717) is 0 Å². The monoisotopic (exact) mass is 650 g/mol. The van der Waals surface area contributed by atoms with Crippen molar-refractivity contribution in [3.05, 3.63) is 63.2 Å². The summed E-state index contributed by atoms with van der Waals surface area (Å²) in [6.07, 6.45) is -5.67. The molecule has 1 saturated heterocycles. The Balaban J connectivity index is 1.65. The van der Waals surface area contributed by atoms with Gasteiger partial charge in [0.05, 0.1) is 47.2 Å². The van der Waals surface area contributed by atoms with Crippen LogP contribution in [0.3, 0.4) is 0 Å². The van der Waals surface area contributed by atoms with Gasteiger partial charge in [-0.15, -0.1) is 10.2 Å². The molecular formula is C24H21BrClF5N6O3. The maximum absolute atomic E-state index is 14.0. The van der Waals surface area contributed by atoms with E-state index in [0.717, 1.165) is 41.6 Å². The topological polar surface area (TPSA) is 108 Å². The minimum atomic E-state index is -4.73. The molecule has 2 N–H and O–H groups in total. The molecule has 1 aromatic heterocycles. The second kappa shape index (κ2) is 12.3. The molecule has 4 rings (SSSR count). The summed E-state index contributed by atoms with van der Waals surface area (Å²) >= 11 is 8.80. The van der Waals surface area contributed by atoms with Gasteiger partial charge >= 0.3 is 6.18 Å². The average Bonchev–Trinajstić information content (AvgIpc) is 3.39. The third kappa shape index (κ3) is 6.49. The fraction of sp³-hybridized carbons (Fsp3) is 0.333. The van der Waals surface area contributed by atoms with Crippen LogP contribution in [0, 0.1) is 11.6 Å². The first-order valence-corrected chi connectivity index (χ1v) is 12.7. The van der Waals surface area contributed by atoms with Crippen LogP contribution >= 0.6 is 27.5 Å². The van der Waals surface area contributed by atoms with Crippen LogP contribution in [0.4, 0.5) is 27.6 Å². The second-order valence-corrected chi connectivity index (χ2v) is 10.0. The van der Waals surface area contributed by atoms with E-state index >= 15 is 0 Å². The van der Waals surface area contributed by atoms with Gasteiger partial charge in [0.2, 0.25) is 0 Å². The Hall–Kier alpha value is -2.98. The summed E-state index contributed by atoms with van der Waals surface area (Å²) in [5.74, 6) is -1.71. The molecule has 2 heterocycles. The molecule has 0 saturated carbocycles. The summed E-state index contributed by atoms with van der Waals surface area (Å²) in [4.78, 5) is 1.12. The van der Waals surface area contributed by atoms with Crippen molar-refractivity contribution < 1.29 is 36.9 Å². The maximum Gasteiger partial charge on any atom is 0.418 e. The van der Waals surface area contributed by atoms with E-state index in [2.05, 4.69) is 43.2 Å². The number of aromatic nitrogens is 3. The predicted molar refractivity (Wildman–Crippen MR) is 140 cm³/mol. The number of hydrogen-bond donors (Lipinski definition) is 2. The van der Waals surface area contributed by atoms with E-state index in [1.54, 1.807) is 0 Å². The van der Waals surface area contributed by atoms with Crippen molar-refractivity contribution >= 4 is 46.3 Å². The van der Waals surface area contributed by atoms with Gasteiger partial charge in [-0.3, -0.25) is 0 Å². The molecule has 16 heteroatoms. The van der Waals surface area contributed by atoms with Crippen LogP contribution in [-0.4, -0.2) is 69.7 Å². The smallest absolute Gasteiger partial charge is 0.394 e. The summed E-state index contributed by atoms with van der Waals surface area (Å²) in [5, 5.41) is 35.6. The van der Waals surface area contributed by atoms with Crippen LogP contribution in [0.2, 0.25) is 5.02 Å². The van der Waals surface area contributed by atoms with Crippen molar-refractivity contribution in [2.24, 2.45) is 10.2 Å². The van der Waals surface area contributed by atoms with E-state index in [9.17, 15) is 32.2 Å². The molecule has 4 atom stereocenters. The average molecular weight is 652 g/mol. The van der Waals surface area contributed by atoms with Gasteiger partial charge in [-0.05, 0) is 46.3 Å². The van der Waals surface area contributed by atoms with Crippen molar-refractivity contribution in [2.75, 3.05) is 18.1 Å². The van der Waals surface area contributed by atoms with Crippen molar-refractivity contribution in [2.45, 2.75) is 37.0 Å². The lowest BCUT2D eigenvalue weighted by atomic mass is 9.95. The van der Waals surface area contributed by atoms with Gasteiger partial charge in [0.1, 0.15) is 35.9 Å². The molecule has 0 aliphatic carbocycles. The molecule has 0 bridgehead atoms. The highest BCUT2D eigenvalue weighted by Crippen LogP contribution is 2.39. The summed E-state index contributed by atoms with van der Waals surface area (Å²) < 4.78 is 76.2. The zero-order chi connectivity index (χ0) is 29.2. The van der Waals surface area contributed by atoms with E-state index in [1.807, 2.05) is 0 Å². The standard InChI is InChI=1S/C24H21BrClF5N6O3/c1-32-33-11-36(19-6-13(26)2-3-15(19)24(29,30)31)8-14-7-20(23(39)21(10-38)40-14)37-9-18(34-35-37)12-4-16(27)22(25)17(28)5-12/h2-6,9,11,14,20-21,23,38-39H,1,7-8,10H2/b33-11-. The zero-order valence-electron chi connectivity index (χ0n) is 20.3. The van der Waals surface area contributed by atoms with Gasteiger partial charge in [0, 0.05) is 23.7 Å². The van der Waals surface area contributed by atoms with Crippen LogP contribution in [0.25, 0.3) is 11.3 Å². The fourth-order valence-corrected chi connectivity index (χ4v) is 4.75. The first kappa shape index (κ1) is 30.0. The van der Waals surface area contributed by atoms with Crippen LogP contribution in [-0.2, 0) is 10.9 Å². The molecule has 1 aliphatic rings. The molecule has 3 aromatic rings. The first-order chi connectivity index (χ1) is 18.9. The molecule has 0 amide bonds. The highest BCUT2D eigenvalue weighted by Gasteiger charge is 2.41. The molecule has 214 valence electrons. The quantitative estimate of drug-likeness (QED) is 0.119. The third-order valence-electron chi connectivity index (χ3n) is 6.20. The number of rotatable bonds is 8. The third-order valence-corrected chi connectivity index (χ3v) is 7.20. The van der Waals surface area contributed by atoms with Crippen molar-refractivity contribution in [3.8, 4) is 11.3 Å². The molecule has 0 spiro atoms. The molecule has 40 heavy (non-hydrogen) atoms. The number of aliphatic hydroxyl groups is 2. The number of benzene rings is 2. The lowest BCUT2D eigenvalue weighted by Crippen LogP contribution is -2.50. The van der Waals surface area contributed by atoms with Gasteiger partial charge in [-0.25, -0.2) is 13.5 Å². The Kier molecular flexibility index (Phi) is 9.19. The molecule has 1 fully saturated rings. The highest BCUT2D eigenvalue weighted by molar-refractivity contribution is 9.10. The Morgan fingerprint density at radius 2 is 1.95 bits per heavy atom. The van der Waals surface area contributed by atoms with Gasteiger partial charge in [0.25, 0.3) is 0 Å². The lowest BCUT2D eigenvalue weighted by Gasteiger charge is -2.40. The van der Waals surface area contributed by atoms with E-state index in [4.69, 9.17) is 16.3 Å². The Labute approximate surface area is 237 Å². The number of anilines is 1. The highest BCUT2D eigenvalue weighted by atomic mass is 79.9. The largest absolute Gasteiger partial charge is 0.418 e. The molecule has 4 unspecified atom stereocenters. The van der Waals surface area contributed by atoms with E-state index in [-0.39, 0.29) is 39.4 Å². The Morgan fingerprint density at radius 3 is 2.58 bits per heavy atom. The molecule has 2 aromatic carbocycles. The first-order valence-electron chi connectivity index (χ1n) is 11.6. The van der Waals surface area contributed by atoms with Crippen molar-refractivity contribution in [1.82, 2.24) is 15.0 Å². The number of alkyl halides is 3. The lowest BCUT2D eigenvalue weighted by molar-refractivity contribution is -0.153. The normalized spacial score (nSPS) is 21.6. The van der Waals surface area contributed by atoms with Crippen LogP contribution in [0.1, 0.15) is 18.0 Å². The van der Waals surface area contributed by atoms with E-state index < -0.39 is 54.3 Å². The number of hydrogen-bond acceptors (Lipinski definition) is 7. The molecule has 0 radical (unpaired) electrons. The predicted octanol–water partition coefficient (Wildman–Crippen LogP) is 4.86. The minimum Gasteiger partial charge on any atom is -0.394 e. The number of nitrogens with zero attached hydrogens (tertiary/aromatic N) is 6. The molecular weight excluding hydrogens is 631 g/mol. The van der Waals surface area contributed by atoms with Crippen molar-refractivity contribution in [3.63, 3.8) is 0 Å². The second-order valence-electron chi connectivity index (χ2n) is 8.79. The van der Waals surface area contributed by atoms with Crippen LogP contribution in [0.15, 0.2) is 51.2 Å². The summed E-state index contributed by atoms with van der Waals surface area (Å²) in [5.41, 5.74) is -1.14. The maximum atomic E-state index is 14.0. The number of ether oxygens (including phenoxy) is 1. The molecule has 9 nitrogen and oxygen atoms in total. The summed E-state index contributed by atoms with van der Waals surface area (Å²) in [7, 11) is 0. The minimum absolute atomic E-state index is 0.00268. The zero-order valence-corrected chi connectivity index (χ0v) is 22.7. The number of aliphatic hydroxyl groups excluding tert-OH is 2. The van der Waals surface area contributed by atoms with Gasteiger partial charge in [-0.2, -0.15) is 18.3 Å². The summed E-state index contributed by atoms with van der Waals surface area (Å²) in [6, 6.07) is 4.27. The van der Waals surface area contributed by atoms with Gasteiger partial charge < -0.3 is 19.8 Å². The number of halogens is 7. The fourth-order valence-electron chi connectivity index (χ4n) is 4.36. The Morgan fingerprint density at radius 1 is 1.25 bits per heavy atom. The SMILES string of the molecule is C=N/N=C\N(CC1CC(n2cc(-c3cc(F)c(Br)c(F)c3)nn2)C(O)C(CO)O1)c1cc(Cl)ccc1C(F)(F)F. The van der Waals surface area contributed by atoms with Gasteiger partial charge in [-0.1, -0.05) is 16.8 Å². The Bertz CT molecular complexity index is 1380. The summed E-state index contributed by atoms with van der Waals surface area (Å²) in [6.45, 7) is 2.36. The van der Waals surface area contributed by atoms with Crippen LogP contribution in [0.5, 0.6) is 0 Å².